The quantitative estimate of drug-likeness (QED) is 0.498. The molecule has 5 heteroatoms. The second-order valence-corrected chi connectivity index (χ2v) is 6.06. The summed E-state index contributed by atoms with van der Waals surface area (Å²) in [5, 5.41) is 0. The molecular weight excluding hydrogens is 327 g/mol. The minimum absolute atomic E-state index is 0.116. The Morgan fingerprint density at radius 1 is 0.941 bits per heavy atom. The van der Waals surface area contributed by atoms with Crippen molar-refractivity contribution in [2.24, 2.45) is 0 Å². The molecule has 0 amide bonds. The van der Waals surface area contributed by atoms with Gasteiger partial charge in [-0.1, -0.05) is 27.2 Å². The van der Waals surface area contributed by atoms with Crippen LogP contribution in [-0.2, 0) is 5.41 Å². The Labute approximate surface area is 116 Å². The number of hydrogen-bond donors (Lipinski definition) is 4. The Balaban J connectivity index is 3.54. The topological polar surface area (TPSA) is 104 Å². The predicted molar refractivity (Wildman–Crippen MR) is 84.7 cm³/mol. The fraction of sp³-hybridized carbons (Fsp3) is 0.500. The van der Waals surface area contributed by atoms with Gasteiger partial charge in [0, 0.05) is 5.56 Å². The molecule has 0 unspecified atom stereocenters. The zero-order valence-electron chi connectivity index (χ0n) is 10.6. The highest BCUT2D eigenvalue weighted by Crippen LogP contribution is 2.44. The average Bonchev–Trinajstić information content (AvgIpc) is 2.23. The summed E-state index contributed by atoms with van der Waals surface area (Å²) < 4.78 is 0.744. The van der Waals surface area contributed by atoms with E-state index in [9.17, 15) is 0 Å². The van der Waals surface area contributed by atoms with Crippen molar-refractivity contribution in [2.45, 2.75) is 39.0 Å². The molecule has 1 rings (SSSR count). The zero-order valence-corrected chi connectivity index (χ0v) is 12.8. The Hall–Kier alpha value is -0.850. The molecular formula is C12H21IN4. The fourth-order valence-corrected chi connectivity index (χ4v) is 2.86. The van der Waals surface area contributed by atoms with Crippen LogP contribution in [0, 0.1) is 3.57 Å². The zero-order chi connectivity index (χ0) is 13.4. The van der Waals surface area contributed by atoms with Crippen LogP contribution in [0.1, 0.15) is 39.2 Å². The number of halogens is 1. The van der Waals surface area contributed by atoms with E-state index in [2.05, 4.69) is 43.4 Å². The van der Waals surface area contributed by atoms with Gasteiger partial charge in [0.1, 0.15) is 0 Å². The maximum absolute atomic E-state index is 6.10. The van der Waals surface area contributed by atoms with Crippen LogP contribution in [0.15, 0.2) is 0 Å². The van der Waals surface area contributed by atoms with Gasteiger partial charge in [-0.2, -0.15) is 0 Å². The maximum Gasteiger partial charge on any atom is 0.0709 e. The summed E-state index contributed by atoms with van der Waals surface area (Å²) in [4.78, 5) is 0. The van der Waals surface area contributed by atoms with E-state index < -0.39 is 0 Å². The normalized spacial score (nSPS) is 11.8. The number of nitrogens with two attached hydrogens (primary N) is 4. The number of anilines is 4. The molecule has 8 N–H and O–H groups in total. The molecule has 96 valence electrons. The van der Waals surface area contributed by atoms with Crippen molar-refractivity contribution in [1.29, 1.82) is 0 Å². The maximum atomic E-state index is 6.10. The lowest BCUT2D eigenvalue weighted by Gasteiger charge is -2.29. The molecule has 1 aromatic carbocycles. The van der Waals surface area contributed by atoms with Crippen molar-refractivity contribution >= 4 is 45.3 Å². The van der Waals surface area contributed by atoms with Crippen molar-refractivity contribution in [3.8, 4) is 0 Å². The second-order valence-electron chi connectivity index (χ2n) is 4.98. The summed E-state index contributed by atoms with van der Waals surface area (Å²) in [6.07, 6.45) is 2.04. The van der Waals surface area contributed by atoms with Crippen LogP contribution in [-0.4, -0.2) is 0 Å². The van der Waals surface area contributed by atoms with Crippen LogP contribution < -0.4 is 22.9 Å². The lowest BCUT2D eigenvalue weighted by atomic mass is 9.78. The van der Waals surface area contributed by atoms with Gasteiger partial charge >= 0.3 is 0 Å². The molecule has 0 heterocycles. The number of hydrogen-bond acceptors (Lipinski definition) is 4. The molecule has 0 aliphatic heterocycles. The van der Waals surface area contributed by atoms with Gasteiger partial charge in [-0.05, 0) is 34.4 Å². The highest BCUT2D eigenvalue weighted by Gasteiger charge is 2.28. The summed E-state index contributed by atoms with van der Waals surface area (Å²) in [6.45, 7) is 6.36. The largest absolute Gasteiger partial charge is 0.397 e. The SMILES string of the molecule is CCCC(C)(C)c1c(N)c(N)c(I)c(N)c1N. The van der Waals surface area contributed by atoms with E-state index in [0.29, 0.717) is 22.7 Å². The lowest BCUT2D eigenvalue weighted by Crippen LogP contribution is -2.23. The highest BCUT2D eigenvalue weighted by atomic mass is 127. The van der Waals surface area contributed by atoms with Crippen LogP contribution >= 0.6 is 22.6 Å². The van der Waals surface area contributed by atoms with Crippen LogP contribution in [0.5, 0.6) is 0 Å². The van der Waals surface area contributed by atoms with E-state index in [1.807, 2.05) is 0 Å². The number of nitrogen functional groups attached to an aromatic ring is 4. The summed E-state index contributed by atoms with van der Waals surface area (Å²) in [5.74, 6) is 0. The number of benzene rings is 1. The lowest BCUT2D eigenvalue weighted by molar-refractivity contribution is 0.476. The molecule has 0 spiro atoms. The highest BCUT2D eigenvalue weighted by molar-refractivity contribution is 14.1. The second kappa shape index (κ2) is 4.80. The number of rotatable bonds is 3. The molecule has 0 atom stereocenters. The van der Waals surface area contributed by atoms with Gasteiger partial charge < -0.3 is 22.9 Å². The summed E-state index contributed by atoms with van der Waals surface area (Å²) in [5.41, 5.74) is 27.1. The van der Waals surface area contributed by atoms with Crippen molar-refractivity contribution < 1.29 is 0 Å². The molecule has 0 aliphatic rings. The van der Waals surface area contributed by atoms with Gasteiger partial charge in [-0.25, -0.2) is 0 Å². The molecule has 17 heavy (non-hydrogen) atoms. The first-order chi connectivity index (χ1) is 7.74. The monoisotopic (exact) mass is 348 g/mol. The molecule has 0 radical (unpaired) electrons. The molecule has 0 bridgehead atoms. The van der Waals surface area contributed by atoms with Crippen molar-refractivity contribution in [1.82, 2.24) is 0 Å². The Morgan fingerprint density at radius 3 is 1.71 bits per heavy atom. The van der Waals surface area contributed by atoms with E-state index in [-0.39, 0.29) is 5.41 Å². The van der Waals surface area contributed by atoms with E-state index in [0.717, 1.165) is 22.0 Å². The van der Waals surface area contributed by atoms with Crippen LogP contribution in [0.25, 0.3) is 0 Å². The van der Waals surface area contributed by atoms with Crippen LogP contribution in [0.3, 0.4) is 0 Å². The first-order valence-electron chi connectivity index (χ1n) is 5.65. The Bertz CT molecular complexity index is 412. The van der Waals surface area contributed by atoms with E-state index >= 15 is 0 Å². The Kier molecular flexibility index (Phi) is 4.01. The van der Waals surface area contributed by atoms with Crippen molar-refractivity contribution in [2.75, 3.05) is 22.9 Å². The van der Waals surface area contributed by atoms with Crippen molar-refractivity contribution in [3.05, 3.63) is 9.13 Å². The van der Waals surface area contributed by atoms with Crippen molar-refractivity contribution in [3.63, 3.8) is 0 Å². The van der Waals surface area contributed by atoms with Crippen LogP contribution in [0.2, 0.25) is 0 Å². The molecule has 4 nitrogen and oxygen atoms in total. The smallest absolute Gasteiger partial charge is 0.0709 e. The summed E-state index contributed by atoms with van der Waals surface area (Å²) in [7, 11) is 0. The molecule has 0 saturated heterocycles. The van der Waals surface area contributed by atoms with E-state index in [1.165, 1.54) is 0 Å². The first kappa shape index (κ1) is 14.2. The Morgan fingerprint density at radius 2 is 1.35 bits per heavy atom. The summed E-state index contributed by atoms with van der Waals surface area (Å²) >= 11 is 2.08. The average molecular weight is 348 g/mol. The first-order valence-corrected chi connectivity index (χ1v) is 6.73. The van der Waals surface area contributed by atoms with E-state index in [4.69, 9.17) is 22.9 Å². The van der Waals surface area contributed by atoms with E-state index in [1.54, 1.807) is 0 Å². The van der Waals surface area contributed by atoms with Crippen LogP contribution in [0.4, 0.5) is 22.7 Å². The molecule has 0 saturated carbocycles. The molecule has 0 aromatic heterocycles. The molecule has 0 aliphatic carbocycles. The third-order valence-corrected chi connectivity index (χ3v) is 4.31. The standard InChI is InChI=1S/C12H21IN4/c1-4-5-12(2,3)6-8(14)10(16)7(13)11(17)9(6)15/h4-5,14-17H2,1-3H3. The van der Waals surface area contributed by atoms with Gasteiger partial charge in [0.15, 0.2) is 0 Å². The van der Waals surface area contributed by atoms with Gasteiger partial charge in [0.05, 0.1) is 26.3 Å². The predicted octanol–water partition coefficient (Wildman–Crippen LogP) is 2.70. The van der Waals surface area contributed by atoms with Gasteiger partial charge in [0.2, 0.25) is 0 Å². The third-order valence-electron chi connectivity index (χ3n) is 3.14. The molecule has 0 fully saturated rings. The third kappa shape index (κ3) is 2.38. The fourth-order valence-electron chi connectivity index (χ4n) is 2.28. The minimum atomic E-state index is -0.116. The van der Waals surface area contributed by atoms with Gasteiger partial charge in [0.25, 0.3) is 0 Å². The minimum Gasteiger partial charge on any atom is -0.397 e. The molecule has 1 aromatic rings. The summed E-state index contributed by atoms with van der Waals surface area (Å²) in [6, 6.07) is 0. The van der Waals surface area contributed by atoms with Gasteiger partial charge in [-0.3, -0.25) is 0 Å². The van der Waals surface area contributed by atoms with Gasteiger partial charge in [-0.15, -0.1) is 0 Å².